The van der Waals surface area contributed by atoms with Crippen molar-refractivity contribution < 1.29 is 0 Å². The zero-order chi connectivity index (χ0) is 10.6. The normalized spacial score (nSPS) is 24.0. The van der Waals surface area contributed by atoms with Crippen molar-refractivity contribution in [2.45, 2.75) is 0 Å². The van der Waals surface area contributed by atoms with E-state index in [9.17, 15) is 0 Å². The molecule has 1 fully saturated rings. The molecule has 0 aliphatic carbocycles. The Balaban J connectivity index is 2.01. The molecule has 5 heteroatoms. The maximum Gasteiger partial charge on any atom is 0.0553 e. The quantitative estimate of drug-likeness (QED) is 0.380. The molecule has 0 unspecified atom stereocenters. The van der Waals surface area contributed by atoms with Gasteiger partial charge in [-0.1, -0.05) is 0 Å². The van der Waals surface area contributed by atoms with Gasteiger partial charge in [0.05, 0.1) is 6.54 Å². The largest absolute Gasteiger partial charge is 0.314 e. The topological polar surface area (TPSA) is 62.2 Å². The molecule has 0 bridgehead atoms. The van der Waals surface area contributed by atoms with E-state index in [0.717, 1.165) is 58.9 Å². The number of rotatable bonds is 0. The molecule has 5 nitrogen and oxygen atoms in total. The van der Waals surface area contributed by atoms with Gasteiger partial charge in [-0.25, -0.2) is 5.32 Å². The minimum atomic E-state index is 0.875. The predicted octanol–water partition coefficient (Wildman–Crippen LogP) is -1.88. The number of hydrogen-bond acceptors (Lipinski definition) is 4. The first-order chi connectivity index (χ1) is 7.50. The van der Waals surface area contributed by atoms with Crippen LogP contribution in [-0.2, 0) is 0 Å². The fraction of sp³-hybridized carbons (Fsp3) is 0.900. The Morgan fingerprint density at radius 2 is 1.20 bits per heavy atom. The highest BCUT2D eigenvalue weighted by molar-refractivity contribution is 4.67. The maximum absolute atomic E-state index is 4.29. The van der Waals surface area contributed by atoms with E-state index >= 15 is 0 Å². The monoisotopic (exact) mass is 213 g/mol. The SMILES string of the molecule is [CH]1CNCCNCCNCCNCC[N]1. The van der Waals surface area contributed by atoms with E-state index in [1.165, 1.54) is 0 Å². The van der Waals surface area contributed by atoms with Gasteiger partial charge in [-0.05, 0) is 0 Å². The number of nitrogens with zero attached hydrogens (tertiary/aromatic N) is 1. The summed E-state index contributed by atoms with van der Waals surface area (Å²) in [5, 5.41) is 17.7. The highest BCUT2D eigenvalue weighted by atomic mass is 15.0. The smallest absolute Gasteiger partial charge is 0.0553 e. The predicted molar refractivity (Wildman–Crippen MR) is 62.8 cm³/mol. The van der Waals surface area contributed by atoms with Crippen molar-refractivity contribution in [2.24, 2.45) is 0 Å². The van der Waals surface area contributed by atoms with Crippen molar-refractivity contribution in [1.82, 2.24) is 26.6 Å². The molecule has 0 saturated carbocycles. The molecule has 1 aliphatic rings. The van der Waals surface area contributed by atoms with Crippen LogP contribution < -0.4 is 26.6 Å². The average molecular weight is 213 g/mol. The summed E-state index contributed by atoms with van der Waals surface area (Å²) in [6, 6.07) is 0. The third-order valence-electron chi connectivity index (χ3n) is 2.22. The van der Waals surface area contributed by atoms with Crippen LogP contribution in [0.2, 0.25) is 0 Å². The summed E-state index contributed by atoms with van der Waals surface area (Å²) >= 11 is 0. The van der Waals surface area contributed by atoms with Crippen LogP contribution in [0.3, 0.4) is 0 Å². The van der Waals surface area contributed by atoms with Crippen LogP contribution in [-0.4, -0.2) is 58.9 Å². The minimum Gasteiger partial charge on any atom is -0.314 e. The minimum absolute atomic E-state index is 0.875. The van der Waals surface area contributed by atoms with E-state index in [1.54, 1.807) is 0 Å². The Morgan fingerprint density at radius 1 is 0.667 bits per heavy atom. The molecule has 0 aromatic carbocycles. The second kappa shape index (κ2) is 10.3. The Hall–Kier alpha value is -0.200. The molecule has 88 valence electrons. The number of hydrogen-bond donors (Lipinski definition) is 4. The lowest BCUT2D eigenvalue weighted by atomic mass is 10.5. The molecule has 1 rings (SSSR count). The van der Waals surface area contributed by atoms with Gasteiger partial charge in [-0.2, -0.15) is 0 Å². The summed E-state index contributed by atoms with van der Waals surface area (Å²) < 4.78 is 0. The van der Waals surface area contributed by atoms with Gasteiger partial charge >= 0.3 is 0 Å². The molecule has 0 aromatic rings. The molecule has 0 atom stereocenters. The molecular weight excluding hydrogens is 190 g/mol. The summed E-state index contributed by atoms with van der Waals surface area (Å²) in [7, 11) is 0. The van der Waals surface area contributed by atoms with Crippen LogP contribution in [0.25, 0.3) is 0 Å². The highest BCUT2D eigenvalue weighted by Gasteiger charge is 1.93. The van der Waals surface area contributed by atoms with Crippen LogP contribution in [0.1, 0.15) is 0 Å². The van der Waals surface area contributed by atoms with Crippen molar-refractivity contribution in [1.29, 1.82) is 0 Å². The van der Waals surface area contributed by atoms with Crippen molar-refractivity contribution in [3.05, 3.63) is 6.54 Å². The first-order valence-electron chi connectivity index (χ1n) is 5.81. The summed E-state index contributed by atoms with van der Waals surface area (Å²) in [6.07, 6.45) is 0. The fourth-order valence-corrected chi connectivity index (χ4v) is 1.37. The Bertz CT molecular complexity index is 72.4. The van der Waals surface area contributed by atoms with Gasteiger partial charge < -0.3 is 21.3 Å². The third-order valence-corrected chi connectivity index (χ3v) is 2.22. The van der Waals surface area contributed by atoms with Gasteiger partial charge in [-0.3, -0.25) is 0 Å². The van der Waals surface area contributed by atoms with Crippen molar-refractivity contribution in [3.63, 3.8) is 0 Å². The van der Waals surface area contributed by atoms with Crippen molar-refractivity contribution >= 4 is 0 Å². The van der Waals surface area contributed by atoms with E-state index in [2.05, 4.69) is 26.6 Å². The van der Waals surface area contributed by atoms with E-state index in [-0.39, 0.29) is 0 Å². The van der Waals surface area contributed by atoms with E-state index in [4.69, 9.17) is 0 Å². The van der Waals surface area contributed by atoms with E-state index in [1.807, 2.05) is 6.54 Å². The Kier molecular flexibility index (Phi) is 8.85. The van der Waals surface area contributed by atoms with Crippen LogP contribution >= 0.6 is 0 Å². The van der Waals surface area contributed by atoms with E-state index < -0.39 is 0 Å². The summed E-state index contributed by atoms with van der Waals surface area (Å²) in [5.41, 5.74) is 0. The second-order valence-corrected chi connectivity index (χ2v) is 3.54. The molecule has 2 radical (unpaired) electrons. The van der Waals surface area contributed by atoms with Crippen LogP contribution in [0.4, 0.5) is 0 Å². The van der Waals surface area contributed by atoms with Crippen LogP contribution in [0.5, 0.6) is 0 Å². The van der Waals surface area contributed by atoms with Crippen LogP contribution in [0, 0.1) is 6.54 Å². The molecule has 1 aliphatic heterocycles. The summed E-state index contributed by atoms with van der Waals surface area (Å²) in [4.78, 5) is 0. The van der Waals surface area contributed by atoms with Gasteiger partial charge in [0.1, 0.15) is 0 Å². The molecule has 4 N–H and O–H groups in total. The molecule has 15 heavy (non-hydrogen) atoms. The lowest BCUT2D eigenvalue weighted by Crippen LogP contribution is -2.35. The highest BCUT2D eigenvalue weighted by Crippen LogP contribution is 1.71. The average Bonchev–Trinajstić information content (AvgIpc) is 2.27. The lowest BCUT2D eigenvalue weighted by Gasteiger charge is -2.06. The molecule has 0 aromatic heterocycles. The van der Waals surface area contributed by atoms with Crippen LogP contribution in [0.15, 0.2) is 0 Å². The molecular formula is C10H23N5. The van der Waals surface area contributed by atoms with Gasteiger partial charge in [0, 0.05) is 58.9 Å². The zero-order valence-electron chi connectivity index (χ0n) is 9.39. The van der Waals surface area contributed by atoms with Crippen molar-refractivity contribution in [2.75, 3.05) is 58.9 Å². The third kappa shape index (κ3) is 8.77. The molecule has 1 heterocycles. The molecule has 0 spiro atoms. The van der Waals surface area contributed by atoms with Gasteiger partial charge in [0.2, 0.25) is 0 Å². The zero-order valence-corrected chi connectivity index (χ0v) is 9.39. The van der Waals surface area contributed by atoms with Gasteiger partial charge in [0.15, 0.2) is 0 Å². The first kappa shape index (κ1) is 12.9. The number of nitrogens with one attached hydrogen (secondary N) is 4. The van der Waals surface area contributed by atoms with Gasteiger partial charge in [-0.15, -0.1) is 0 Å². The van der Waals surface area contributed by atoms with E-state index in [0.29, 0.717) is 0 Å². The maximum atomic E-state index is 4.29. The van der Waals surface area contributed by atoms with Gasteiger partial charge in [0.25, 0.3) is 0 Å². The molecule has 1 saturated heterocycles. The van der Waals surface area contributed by atoms with Crippen molar-refractivity contribution in [3.8, 4) is 0 Å². The Labute approximate surface area is 92.8 Å². The fourth-order valence-electron chi connectivity index (χ4n) is 1.37. The summed E-state index contributed by atoms with van der Waals surface area (Å²) in [5.74, 6) is 0. The molecule has 0 amide bonds. The standard InChI is InChI=1S/C10H23N5/c1-2-12-5-6-14-9-10-15-8-7-13-4-3-11-1/h1,12-15H,2-10H2. The Morgan fingerprint density at radius 3 is 1.87 bits per heavy atom. The second-order valence-electron chi connectivity index (χ2n) is 3.54. The lowest BCUT2D eigenvalue weighted by molar-refractivity contribution is 0.577. The summed E-state index contributed by atoms with van der Waals surface area (Å²) in [6.45, 7) is 10.8. The first-order valence-corrected chi connectivity index (χ1v) is 5.81.